The maximum absolute atomic E-state index is 13.2. The molecule has 0 aromatic rings. The van der Waals surface area contributed by atoms with Crippen molar-refractivity contribution in [3.05, 3.63) is 72.9 Å². The monoisotopic (exact) mass is 1080 g/mol. The maximum Gasteiger partial charge on any atom is 0.335 e. The second-order valence-corrected chi connectivity index (χ2v) is 21.0. The minimum atomic E-state index is -1.91. The van der Waals surface area contributed by atoms with E-state index in [1.807, 2.05) is 0 Å². The molecule has 12 nitrogen and oxygen atoms in total. The molecule has 1 saturated heterocycles. The van der Waals surface area contributed by atoms with E-state index in [0.717, 1.165) is 122 Å². The molecule has 1 fully saturated rings. The first-order valence-corrected chi connectivity index (χ1v) is 30.9. The first kappa shape index (κ1) is 71.2. The van der Waals surface area contributed by atoms with E-state index >= 15 is 0 Å². The summed E-state index contributed by atoms with van der Waals surface area (Å²) in [4.78, 5) is 51.2. The van der Waals surface area contributed by atoms with Gasteiger partial charge in [0.25, 0.3) is 0 Å². The minimum Gasteiger partial charge on any atom is -0.479 e. The Hall–Kier alpha value is -3.84. The number of aliphatic hydroxyl groups excluding tert-OH is 2. The van der Waals surface area contributed by atoms with Crippen LogP contribution in [0.4, 0.5) is 0 Å². The average Bonchev–Trinajstić information content (AvgIpc) is 3.42. The Labute approximate surface area is 468 Å². The van der Waals surface area contributed by atoms with Gasteiger partial charge in [0.2, 0.25) is 0 Å². The van der Waals surface area contributed by atoms with Gasteiger partial charge in [-0.3, -0.25) is 14.4 Å². The molecule has 0 radical (unpaired) electrons. The highest BCUT2D eigenvalue weighted by atomic mass is 16.7. The summed E-state index contributed by atoms with van der Waals surface area (Å²) < 4.78 is 28.5. The van der Waals surface area contributed by atoms with Crippen molar-refractivity contribution in [3.8, 4) is 0 Å². The van der Waals surface area contributed by atoms with Crippen LogP contribution >= 0.6 is 0 Å². The molecule has 1 aliphatic rings. The summed E-state index contributed by atoms with van der Waals surface area (Å²) in [5, 5.41) is 31.5. The van der Waals surface area contributed by atoms with Gasteiger partial charge in [-0.2, -0.15) is 0 Å². The lowest BCUT2D eigenvalue weighted by Crippen LogP contribution is -2.61. The van der Waals surface area contributed by atoms with Gasteiger partial charge in [-0.05, 0) is 89.9 Å². The summed E-state index contributed by atoms with van der Waals surface area (Å²) in [5.41, 5.74) is 0. The third-order valence-electron chi connectivity index (χ3n) is 13.8. The number of hydrogen-bond acceptors (Lipinski definition) is 11. The van der Waals surface area contributed by atoms with Crippen LogP contribution in [0, 0.1) is 0 Å². The fraction of sp³-hybridized carbons (Fsp3) is 0.754. The predicted octanol–water partition coefficient (Wildman–Crippen LogP) is 16.1. The molecule has 442 valence electrons. The molecule has 1 aliphatic heterocycles. The van der Waals surface area contributed by atoms with E-state index in [1.54, 1.807) is 0 Å². The standard InChI is InChI=1S/C65H110O12/c1-4-7-10-13-16-19-22-25-27-28-29-30-32-34-36-39-42-45-48-51-57(66)73-54-56(75-58(67)52-49-46-43-40-37-33-24-21-18-15-12-9-6-3)55-74-65-63(61(70)60(69)62(77-65)64(71)72)76-59(68)53-50-47-44-41-38-35-31-26-23-20-17-14-11-8-5-2/h8,11,16-17,19-20,25-27,29-31,56,60-63,65,69-70H,4-7,9-10,12-15,18,21-24,28,32-55H2,1-3H3,(H,71,72)/b11-8-,19-16-,20-17-,27-25-,30-29-,31-26-. The first-order valence-electron chi connectivity index (χ1n) is 30.9. The largest absolute Gasteiger partial charge is 0.479 e. The molecule has 0 aromatic heterocycles. The Morgan fingerprint density at radius 2 is 0.818 bits per heavy atom. The molecular formula is C65H110O12. The number of allylic oxidation sites excluding steroid dienone is 12. The number of rotatable bonds is 52. The zero-order chi connectivity index (χ0) is 56.1. The number of carboxylic acids is 1. The number of esters is 3. The van der Waals surface area contributed by atoms with Gasteiger partial charge in [-0.1, -0.05) is 229 Å². The van der Waals surface area contributed by atoms with Crippen LogP contribution in [0.1, 0.15) is 265 Å². The number of aliphatic hydroxyl groups is 2. The van der Waals surface area contributed by atoms with Crippen LogP contribution in [0.3, 0.4) is 0 Å². The van der Waals surface area contributed by atoms with Crippen LogP contribution in [0.2, 0.25) is 0 Å². The highest BCUT2D eigenvalue weighted by Gasteiger charge is 2.50. The van der Waals surface area contributed by atoms with Crippen molar-refractivity contribution in [2.75, 3.05) is 13.2 Å². The lowest BCUT2D eigenvalue weighted by atomic mass is 9.98. The van der Waals surface area contributed by atoms with Crippen LogP contribution < -0.4 is 0 Å². The van der Waals surface area contributed by atoms with Crippen LogP contribution in [0.25, 0.3) is 0 Å². The van der Waals surface area contributed by atoms with Crippen molar-refractivity contribution >= 4 is 23.9 Å². The van der Waals surface area contributed by atoms with Crippen molar-refractivity contribution in [2.24, 2.45) is 0 Å². The van der Waals surface area contributed by atoms with E-state index in [0.29, 0.717) is 19.3 Å². The molecule has 6 atom stereocenters. The van der Waals surface area contributed by atoms with E-state index in [4.69, 9.17) is 23.7 Å². The minimum absolute atomic E-state index is 0.0390. The Kier molecular flexibility index (Phi) is 48.8. The Balaban J connectivity index is 2.68. The fourth-order valence-electron chi connectivity index (χ4n) is 9.04. The van der Waals surface area contributed by atoms with Gasteiger partial charge in [-0.25, -0.2) is 4.79 Å². The van der Waals surface area contributed by atoms with Crippen molar-refractivity contribution in [3.63, 3.8) is 0 Å². The number of ether oxygens (including phenoxy) is 5. The highest BCUT2D eigenvalue weighted by Crippen LogP contribution is 2.26. The van der Waals surface area contributed by atoms with Gasteiger partial charge >= 0.3 is 23.9 Å². The number of unbranched alkanes of at least 4 members (excludes halogenated alkanes) is 26. The zero-order valence-corrected chi connectivity index (χ0v) is 48.7. The third kappa shape index (κ3) is 42.7. The average molecular weight is 1080 g/mol. The van der Waals surface area contributed by atoms with Gasteiger partial charge in [0.15, 0.2) is 24.6 Å². The molecule has 0 bridgehead atoms. The summed E-state index contributed by atoms with van der Waals surface area (Å²) in [6, 6.07) is 0. The van der Waals surface area contributed by atoms with Crippen LogP contribution in [0.15, 0.2) is 72.9 Å². The molecule has 12 heteroatoms. The molecule has 0 aliphatic carbocycles. The second-order valence-electron chi connectivity index (χ2n) is 21.0. The summed E-state index contributed by atoms with van der Waals surface area (Å²) in [7, 11) is 0. The van der Waals surface area contributed by atoms with Crippen LogP contribution in [0.5, 0.6) is 0 Å². The van der Waals surface area contributed by atoms with Gasteiger partial charge < -0.3 is 39.0 Å². The lowest BCUT2D eigenvalue weighted by molar-refractivity contribution is -0.301. The van der Waals surface area contributed by atoms with Crippen molar-refractivity contribution < 1.29 is 58.2 Å². The van der Waals surface area contributed by atoms with E-state index < -0.39 is 67.3 Å². The number of hydrogen-bond donors (Lipinski definition) is 3. The van der Waals surface area contributed by atoms with Crippen molar-refractivity contribution in [1.82, 2.24) is 0 Å². The topological polar surface area (TPSA) is 175 Å². The van der Waals surface area contributed by atoms with Gasteiger partial charge in [-0.15, -0.1) is 0 Å². The first-order chi connectivity index (χ1) is 37.6. The summed E-state index contributed by atoms with van der Waals surface area (Å²) >= 11 is 0. The molecule has 1 rings (SSSR count). The van der Waals surface area contributed by atoms with Gasteiger partial charge in [0.1, 0.15) is 18.8 Å². The SMILES string of the molecule is CC/C=C\C/C=C\C/C=C\CCCCCCCC(=O)OC1C(OCC(COC(=O)CCCCCCCC/C=C\C/C=C\C/C=C\CCCCC)OC(=O)CCCCCCCCCCCCCCC)OC(C(=O)O)C(O)C1O. The lowest BCUT2D eigenvalue weighted by Gasteiger charge is -2.40. The summed E-state index contributed by atoms with van der Waals surface area (Å²) in [6.45, 7) is 5.85. The Morgan fingerprint density at radius 3 is 1.27 bits per heavy atom. The van der Waals surface area contributed by atoms with Crippen LogP contribution in [-0.4, -0.2) is 89.2 Å². The normalized spacial score (nSPS) is 18.5. The number of carboxylic acid groups (broad SMARTS) is 1. The quantitative estimate of drug-likeness (QED) is 0.0228. The molecular weight excluding hydrogens is 973 g/mol. The maximum atomic E-state index is 13.2. The van der Waals surface area contributed by atoms with Gasteiger partial charge in [0, 0.05) is 19.3 Å². The fourth-order valence-corrected chi connectivity index (χ4v) is 9.04. The Bertz CT molecular complexity index is 1620. The van der Waals surface area contributed by atoms with E-state index in [1.165, 1.54) is 83.5 Å². The molecule has 3 N–H and O–H groups in total. The number of carbonyl (C=O) groups is 4. The molecule has 77 heavy (non-hydrogen) atoms. The van der Waals surface area contributed by atoms with Crippen LogP contribution in [-0.2, 0) is 42.9 Å². The van der Waals surface area contributed by atoms with E-state index in [2.05, 4.69) is 93.7 Å². The number of aliphatic carboxylic acids is 1. The molecule has 0 amide bonds. The number of carbonyl (C=O) groups excluding carboxylic acids is 3. The Morgan fingerprint density at radius 1 is 0.442 bits per heavy atom. The van der Waals surface area contributed by atoms with Crippen molar-refractivity contribution in [1.29, 1.82) is 0 Å². The molecule has 0 spiro atoms. The molecule has 0 saturated carbocycles. The molecule has 0 aromatic carbocycles. The summed E-state index contributed by atoms with van der Waals surface area (Å²) in [6.07, 6.45) is 54.3. The smallest absolute Gasteiger partial charge is 0.335 e. The van der Waals surface area contributed by atoms with E-state index in [-0.39, 0.29) is 25.9 Å². The predicted molar refractivity (Wildman–Crippen MR) is 312 cm³/mol. The molecule has 6 unspecified atom stereocenters. The zero-order valence-electron chi connectivity index (χ0n) is 48.7. The van der Waals surface area contributed by atoms with Gasteiger partial charge in [0.05, 0.1) is 6.61 Å². The highest BCUT2D eigenvalue weighted by molar-refractivity contribution is 5.74. The van der Waals surface area contributed by atoms with E-state index in [9.17, 15) is 34.5 Å². The third-order valence-corrected chi connectivity index (χ3v) is 13.8. The molecule has 1 heterocycles. The summed E-state index contributed by atoms with van der Waals surface area (Å²) in [5.74, 6) is -3.15. The van der Waals surface area contributed by atoms with Crippen molar-refractivity contribution in [2.45, 2.75) is 302 Å². The second kappa shape index (κ2) is 52.8.